The second kappa shape index (κ2) is 5.30. The Morgan fingerprint density at radius 1 is 1.40 bits per heavy atom. The van der Waals surface area contributed by atoms with Crippen LogP contribution >= 0.6 is 11.3 Å². The van der Waals surface area contributed by atoms with E-state index in [1.54, 1.807) is 13.0 Å². The number of rotatable bonds is 3. The smallest absolute Gasteiger partial charge is 0.337 e. The molecule has 0 saturated carbocycles. The number of carbonyl (C=O) groups is 2. The van der Waals surface area contributed by atoms with E-state index in [2.05, 4.69) is 4.98 Å². The van der Waals surface area contributed by atoms with Gasteiger partial charge in [0.15, 0.2) is 0 Å². The van der Waals surface area contributed by atoms with E-state index in [1.165, 1.54) is 41.6 Å². The van der Waals surface area contributed by atoms with Gasteiger partial charge in [0.05, 0.1) is 22.5 Å². The molecule has 0 fully saturated rings. The van der Waals surface area contributed by atoms with Gasteiger partial charge in [0.2, 0.25) is 0 Å². The second-order valence-corrected chi connectivity index (χ2v) is 5.42. The van der Waals surface area contributed by atoms with Crippen molar-refractivity contribution in [2.24, 2.45) is 0 Å². The van der Waals surface area contributed by atoms with Gasteiger partial charge in [-0.1, -0.05) is 0 Å². The minimum atomic E-state index is -1.13. The molecule has 104 valence electrons. The summed E-state index contributed by atoms with van der Waals surface area (Å²) in [6, 6.07) is 4.41. The van der Waals surface area contributed by atoms with E-state index in [4.69, 9.17) is 5.73 Å². The predicted molar refractivity (Wildman–Crippen MR) is 77.4 cm³/mol. The van der Waals surface area contributed by atoms with Crippen molar-refractivity contribution in [3.63, 3.8) is 0 Å². The Labute approximate surface area is 119 Å². The van der Waals surface area contributed by atoms with Gasteiger partial charge in [-0.15, -0.1) is 11.3 Å². The van der Waals surface area contributed by atoms with Crippen LogP contribution in [0, 0.1) is 6.92 Å². The third-order valence-corrected chi connectivity index (χ3v) is 3.65. The largest absolute Gasteiger partial charge is 0.478 e. The average Bonchev–Trinajstić information content (AvgIpc) is 2.83. The lowest BCUT2D eigenvalue weighted by molar-refractivity contribution is 0.0698. The van der Waals surface area contributed by atoms with E-state index in [0.29, 0.717) is 16.3 Å². The zero-order chi connectivity index (χ0) is 14.9. The van der Waals surface area contributed by atoms with Gasteiger partial charge in [0.25, 0.3) is 5.91 Å². The highest BCUT2D eigenvalue weighted by molar-refractivity contribution is 7.13. The van der Waals surface area contributed by atoms with E-state index >= 15 is 0 Å². The Morgan fingerprint density at radius 2 is 2.10 bits per heavy atom. The van der Waals surface area contributed by atoms with Crippen LogP contribution in [0.3, 0.4) is 0 Å². The third-order valence-electron chi connectivity index (χ3n) is 2.75. The normalized spacial score (nSPS) is 10.3. The summed E-state index contributed by atoms with van der Waals surface area (Å²) in [5, 5.41) is 9.97. The molecule has 0 saturated heterocycles. The van der Waals surface area contributed by atoms with Crippen molar-refractivity contribution < 1.29 is 14.7 Å². The van der Waals surface area contributed by atoms with Crippen molar-refractivity contribution in [3.05, 3.63) is 39.8 Å². The topological polar surface area (TPSA) is 96.5 Å². The van der Waals surface area contributed by atoms with Crippen LogP contribution in [0.5, 0.6) is 0 Å². The highest BCUT2D eigenvalue weighted by Crippen LogP contribution is 2.25. The maximum absolute atomic E-state index is 12.3. The SMILES string of the molecule is Cc1ncc(C(=O)N(C)c2ccc(N)cc2C(=O)O)s1. The first kappa shape index (κ1) is 14.0. The highest BCUT2D eigenvalue weighted by atomic mass is 32.1. The molecule has 7 heteroatoms. The molecule has 0 bridgehead atoms. The number of aryl methyl sites for hydroxylation is 1. The van der Waals surface area contributed by atoms with E-state index in [1.807, 2.05) is 0 Å². The van der Waals surface area contributed by atoms with Crippen molar-refractivity contribution >= 4 is 34.6 Å². The molecule has 1 aromatic heterocycles. The molecule has 1 amide bonds. The number of carboxylic acid groups (broad SMARTS) is 1. The van der Waals surface area contributed by atoms with Crippen LogP contribution < -0.4 is 10.6 Å². The number of thiazole rings is 1. The van der Waals surface area contributed by atoms with Crippen molar-refractivity contribution in [1.82, 2.24) is 4.98 Å². The van der Waals surface area contributed by atoms with Crippen molar-refractivity contribution in [2.45, 2.75) is 6.92 Å². The quantitative estimate of drug-likeness (QED) is 0.843. The molecule has 0 aliphatic rings. The fourth-order valence-corrected chi connectivity index (χ4v) is 2.51. The van der Waals surface area contributed by atoms with Crippen LogP contribution in [0.15, 0.2) is 24.4 Å². The Bertz CT molecular complexity index is 681. The van der Waals surface area contributed by atoms with Gasteiger partial charge >= 0.3 is 5.97 Å². The summed E-state index contributed by atoms with van der Waals surface area (Å²) in [6.45, 7) is 1.80. The lowest BCUT2D eigenvalue weighted by atomic mass is 10.1. The first-order valence-electron chi connectivity index (χ1n) is 5.73. The molecule has 6 nitrogen and oxygen atoms in total. The number of nitrogens with two attached hydrogens (primary N) is 1. The lowest BCUT2D eigenvalue weighted by Crippen LogP contribution is -2.27. The first-order chi connectivity index (χ1) is 9.40. The summed E-state index contributed by atoms with van der Waals surface area (Å²) in [5.41, 5.74) is 6.20. The summed E-state index contributed by atoms with van der Waals surface area (Å²) in [7, 11) is 1.52. The molecule has 1 aromatic carbocycles. The van der Waals surface area contributed by atoms with E-state index in [0.717, 1.165) is 5.01 Å². The number of amides is 1. The zero-order valence-electron chi connectivity index (χ0n) is 11.0. The molecular formula is C13H13N3O3S. The molecule has 3 N–H and O–H groups in total. The van der Waals surface area contributed by atoms with E-state index < -0.39 is 5.97 Å². The summed E-state index contributed by atoms with van der Waals surface area (Å²) in [6.07, 6.45) is 1.48. The fourth-order valence-electron chi connectivity index (χ4n) is 1.75. The molecule has 2 aromatic rings. The van der Waals surface area contributed by atoms with Crippen molar-refractivity contribution in [1.29, 1.82) is 0 Å². The number of aromatic carboxylic acids is 1. The molecule has 2 rings (SSSR count). The van der Waals surface area contributed by atoms with Gasteiger partial charge < -0.3 is 15.7 Å². The second-order valence-electron chi connectivity index (χ2n) is 4.19. The molecule has 1 heterocycles. The Hall–Kier alpha value is -2.41. The van der Waals surface area contributed by atoms with Crippen LogP contribution in [-0.4, -0.2) is 29.0 Å². The number of carbonyl (C=O) groups excluding carboxylic acids is 1. The van der Waals surface area contributed by atoms with Gasteiger partial charge in [0.1, 0.15) is 4.88 Å². The van der Waals surface area contributed by atoms with Crippen LogP contribution in [0.1, 0.15) is 25.0 Å². The number of anilines is 2. The summed E-state index contributed by atoms with van der Waals surface area (Å²) in [4.78, 5) is 29.3. The van der Waals surface area contributed by atoms with Crippen LogP contribution in [-0.2, 0) is 0 Å². The third kappa shape index (κ3) is 2.62. The number of hydrogen-bond donors (Lipinski definition) is 2. The molecule has 0 aliphatic heterocycles. The first-order valence-corrected chi connectivity index (χ1v) is 6.55. The van der Waals surface area contributed by atoms with Crippen molar-refractivity contribution in [3.8, 4) is 0 Å². The number of aromatic nitrogens is 1. The average molecular weight is 291 g/mol. The number of benzene rings is 1. The zero-order valence-corrected chi connectivity index (χ0v) is 11.8. The summed E-state index contributed by atoms with van der Waals surface area (Å²) >= 11 is 1.26. The Kier molecular flexibility index (Phi) is 3.71. The predicted octanol–water partition coefficient (Wildman–Crippen LogP) is 2.01. The van der Waals surface area contributed by atoms with Crippen LogP contribution in [0.4, 0.5) is 11.4 Å². The molecule has 0 atom stereocenters. The van der Waals surface area contributed by atoms with Gasteiger partial charge in [-0.05, 0) is 25.1 Å². The fraction of sp³-hybridized carbons (Fsp3) is 0.154. The Balaban J connectivity index is 2.40. The minimum Gasteiger partial charge on any atom is -0.478 e. The number of carboxylic acids is 1. The van der Waals surface area contributed by atoms with Crippen molar-refractivity contribution in [2.75, 3.05) is 17.7 Å². The monoisotopic (exact) mass is 291 g/mol. The van der Waals surface area contributed by atoms with Gasteiger partial charge in [-0.25, -0.2) is 9.78 Å². The van der Waals surface area contributed by atoms with Gasteiger partial charge in [0, 0.05) is 12.7 Å². The number of nitrogens with zero attached hydrogens (tertiary/aromatic N) is 2. The molecule has 0 spiro atoms. The maximum atomic E-state index is 12.3. The van der Waals surface area contributed by atoms with E-state index in [9.17, 15) is 14.7 Å². The molecule has 20 heavy (non-hydrogen) atoms. The molecule has 0 radical (unpaired) electrons. The number of hydrogen-bond acceptors (Lipinski definition) is 5. The molecular weight excluding hydrogens is 278 g/mol. The summed E-state index contributed by atoms with van der Waals surface area (Å²) in [5.74, 6) is -1.43. The number of nitrogen functional groups attached to an aromatic ring is 1. The van der Waals surface area contributed by atoms with Crippen LogP contribution in [0.25, 0.3) is 0 Å². The lowest BCUT2D eigenvalue weighted by Gasteiger charge is -2.18. The van der Waals surface area contributed by atoms with Gasteiger partial charge in [-0.2, -0.15) is 0 Å². The van der Waals surface area contributed by atoms with E-state index in [-0.39, 0.29) is 11.5 Å². The van der Waals surface area contributed by atoms with Crippen LogP contribution in [0.2, 0.25) is 0 Å². The molecule has 0 aliphatic carbocycles. The highest BCUT2D eigenvalue weighted by Gasteiger charge is 2.21. The summed E-state index contributed by atoms with van der Waals surface area (Å²) < 4.78 is 0. The minimum absolute atomic E-state index is 0.0120. The standard InChI is InChI=1S/C13H13N3O3S/c1-7-15-6-11(20-7)12(17)16(2)10-4-3-8(14)5-9(10)13(18)19/h3-6H,14H2,1-2H3,(H,18,19). The Morgan fingerprint density at radius 3 is 2.65 bits per heavy atom. The maximum Gasteiger partial charge on any atom is 0.337 e. The molecule has 0 unspecified atom stereocenters. The van der Waals surface area contributed by atoms with Gasteiger partial charge in [-0.3, -0.25) is 4.79 Å².